The Balaban J connectivity index is 3.10. The minimum absolute atomic E-state index is 0.0454. The van der Waals surface area contributed by atoms with Crippen molar-refractivity contribution in [3.8, 4) is 0 Å². The lowest BCUT2D eigenvalue weighted by atomic mass is 10.2. The van der Waals surface area contributed by atoms with Gasteiger partial charge in [-0.3, -0.25) is 4.79 Å². The quantitative estimate of drug-likeness (QED) is 0.792. The number of rotatable bonds is 7. The van der Waals surface area contributed by atoms with Crippen molar-refractivity contribution in [3.05, 3.63) is 28.2 Å². The molecule has 0 aliphatic rings. The number of benzene rings is 1. The van der Waals surface area contributed by atoms with Gasteiger partial charge in [-0.05, 0) is 44.9 Å². The number of nitrogens with zero attached hydrogens (tertiary/aromatic N) is 1. The van der Waals surface area contributed by atoms with Crippen molar-refractivity contribution in [1.29, 1.82) is 0 Å². The summed E-state index contributed by atoms with van der Waals surface area (Å²) in [6, 6.07) is 4.88. The van der Waals surface area contributed by atoms with Gasteiger partial charge in [0.25, 0.3) is 0 Å². The molecule has 21 heavy (non-hydrogen) atoms. The molecule has 0 aromatic heterocycles. The van der Waals surface area contributed by atoms with Crippen LogP contribution in [0.2, 0.25) is 0 Å². The van der Waals surface area contributed by atoms with Gasteiger partial charge >= 0.3 is 5.97 Å². The summed E-state index contributed by atoms with van der Waals surface area (Å²) >= 11 is 3.29. The Morgan fingerprint density at radius 3 is 2.52 bits per heavy atom. The fourth-order valence-corrected chi connectivity index (χ4v) is 4.46. The highest BCUT2D eigenvalue weighted by molar-refractivity contribution is 9.10. The molecule has 0 saturated carbocycles. The van der Waals surface area contributed by atoms with Crippen LogP contribution in [0.1, 0.15) is 32.3 Å². The van der Waals surface area contributed by atoms with Crippen molar-refractivity contribution in [2.45, 2.75) is 44.6 Å². The summed E-state index contributed by atoms with van der Waals surface area (Å²) in [6.45, 7) is 5.50. The van der Waals surface area contributed by atoms with E-state index in [9.17, 15) is 13.2 Å². The first-order chi connectivity index (χ1) is 9.66. The van der Waals surface area contributed by atoms with Crippen molar-refractivity contribution >= 4 is 31.9 Å². The largest absolute Gasteiger partial charge is 0.481 e. The Morgan fingerprint density at radius 2 is 2.00 bits per heavy atom. The zero-order valence-corrected chi connectivity index (χ0v) is 14.7. The topological polar surface area (TPSA) is 74.7 Å². The van der Waals surface area contributed by atoms with Crippen molar-refractivity contribution in [2.75, 3.05) is 6.54 Å². The van der Waals surface area contributed by atoms with E-state index in [2.05, 4.69) is 15.9 Å². The number of carboxylic acids is 1. The second-order valence-corrected chi connectivity index (χ2v) is 7.89. The molecule has 1 rings (SSSR count). The number of hydrogen-bond acceptors (Lipinski definition) is 3. The monoisotopic (exact) mass is 377 g/mol. The molecule has 0 radical (unpaired) electrons. The van der Waals surface area contributed by atoms with E-state index in [1.807, 2.05) is 0 Å². The minimum Gasteiger partial charge on any atom is -0.481 e. The smallest absolute Gasteiger partial charge is 0.303 e. The van der Waals surface area contributed by atoms with Crippen LogP contribution in [0.5, 0.6) is 0 Å². The van der Waals surface area contributed by atoms with Crippen LogP contribution in [0.15, 0.2) is 27.6 Å². The third-order valence-electron chi connectivity index (χ3n) is 3.08. The first-order valence-electron chi connectivity index (χ1n) is 6.66. The molecular formula is C14H20BrNO4S. The molecule has 5 nitrogen and oxygen atoms in total. The predicted octanol–water partition coefficient (Wildman–Crippen LogP) is 3.02. The summed E-state index contributed by atoms with van der Waals surface area (Å²) in [5.41, 5.74) is 0.669. The van der Waals surface area contributed by atoms with Crippen molar-refractivity contribution < 1.29 is 18.3 Å². The Hall–Kier alpha value is -0.920. The number of aryl methyl sites for hydroxylation is 1. The maximum Gasteiger partial charge on any atom is 0.303 e. The number of halogens is 1. The molecule has 0 atom stereocenters. The number of carboxylic acid groups (broad SMARTS) is 1. The summed E-state index contributed by atoms with van der Waals surface area (Å²) in [7, 11) is -3.64. The second-order valence-electron chi connectivity index (χ2n) is 5.12. The van der Waals surface area contributed by atoms with Crippen LogP contribution < -0.4 is 0 Å². The maximum absolute atomic E-state index is 12.8. The number of sulfonamides is 1. The Morgan fingerprint density at radius 1 is 1.38 bits per heavy atom. The summed E-state index contributed by atoms with van der Waals surface area (Å²) in [5, 5.41) is 8.69. The number of hydrogen-bond donors (Lipinski definition) is 1. The molecule has 0 bridgehead atoms. The van der Waals surface area contributed by atoms with Crippen LogP contribution >= 0.6 is 15.9 Å². The molecule has 0 aliphatic heterocycles. The van der Waals surface area contributed by atoms with Gasteiger partial charge in [0.15, 0.2) is 0 Å². The summed E-state index contributed by atoms with van der Waals surface area (Å²) in [4.78, 5) is 10.8. The van der Waals surface area contributed by atoms with E-state index in [0.29, 0.717) is 16.5 Å². The average Bonchev–Trinajstić information content (AvgIpc) is 2.36. The van der Waals surface area contributed by atoms with Crippen LogP contribution in [0.4, 0.5) is 0 Å². The van der Waals surface area contributed by atoms with E-state index in [0.717, 1.165) is 0 Å². The van der Waals surface area contributed by atoms with E-state index in [-0.39, 0.29) is 23.9 Å². The van der Waals surface area contributed by atoms with E-state index >= 15 is 0 Å². The van der Waals surface area contributed by atoms with Crippen LogP contribution in [0, 0.1) is 6.92 Å². The fraction of sp³-hybridized carbons (Fsp3) is 0.500. The van der Waals surface area contributed by atoms with Gasteiger partial charge in [-0.15, -0.1) is 0 Å². The lowest BCUT2D eigenvalue weighted by Crippen LogP contribution is -2.38. The minimum atomic E-state index is -3.64. The van der Waals surface area contributed by atoms with Crippen LogP contribution in [0.25, 0.3) is 0 Å². The normalized spacial score (nSPS) is 12.1. The Labute approximate surface area is 134 Å². The van der Waals surface area contributed by atoms with Gasteiger partial charge < -0.3 is 5.11 Å². The predicted molar refractivity (Wildman–Crippen MR) is 84.8 cm³/mol. The average molecular weight is 378 g/mol. The van der Waals surface area contributed by atoms with Crippen molar-refractivity contribution in [1.82, 2.24) is 4.31 Å². The van der Waals surface area contributed by atoms with Crippen molar-refractivity contribution in [2.24, 2.45) is 0 Å². The van der Waals surface area contributed by atoms with Gasteiger partial charge in [-0.2, -0.15) is 4.31 Å². The van der Waals surface area contributed by atoms with Crippen LogP contribution in [-0.4, -0.2) is 36.4 Å². The highest BCUT2D eigenvalue weighted by Gasteiger charge is 2.28. The highest BCUT2D eigenvalue weighted by atomic mass is 79.9. The van der Waals surface area contributed by atoms with Crippen LogP contribution in [0.3, 0.4) is 0 Å². The molecule has 1 aromatic carbocycles. The number of aliphatic carboxylic acids is 1. The molecule has 7 heteroatoms. The molecule has 0 saturated heterocycles. The van der Waals surface area contributed by atoms with Gasteiger partial charge in [-0.1, -0.05) is 22.0 Å². The van der Waals surface area contributed by atoms with E-state index < -0.39 is 16.0 Å². The zero-order chi connectivity index (χ0) is 16.2. The van der Waals surface area contributed by atoms with Gasteiger partial charge in [0.05, 0.1) is 4.90 Å². The van der Waals surface area contributed by atoms with Crippen molar-refractivity contribution in [3.63, 3.8) is 0 Å². The highest BCUT2D eigenvalue weighted by Crippen LogP contribution is 2.25. The van der Waals surface area contributed by atoms with Gasteiger partial charge in [0.2, 0.25) is 10.0 Å². The molecule has 118 valence electrons. The molecule has 0 fully saturated rings. The Bertz CT molecular complexity index is 613. The van der Waals surface area contributed by atoms with E-state index in [1.54, 1.807) is 39.0 Å². The SMILES string of the molecule is Cc1ccc(Br)cc1S(=O)(=O)N(CCCC(=O)O)C(C)C. The second kappa shape index (κ2) is 7.38. The third-order valence-corrected chi connectivity index (χ3v) is 5.79. The Kier molecular flexibility index (Phi) is 6.37. The number of carbonyl (C=O) groups is 1. The van der Waals surface area contributed by atoms with Crippen LogP contribution in [-0.2, 0) is 14.8 Å². The molecule has 1 N–H and O–H groups in total. The van der Waals surface area contributed by atoms with Gasteiger partial charge in [0.1, 0.15) is 0 Å². The third kappa shape index (κ3) is 4.79. The zero-order valence-electron chi connectivity index (χ0n) is 12.3. The summed E-state index contributed by atoms with van der Waals surface area (Å²) in [6.07, 6.45) is 0.246. The lowest BCUT2D eigenvalue weighted by molar-refractivity contribution is -0.137. The molecule has 0 amide bonds. The lowest BCUT2D eigenvalue weighted by Gasteiger charge is -2.26. The van der Waals surface area contributed by atoms with Gasteiger partial charge in [0, 0.05) is 23.5 Å². The maximum atomic E-state index is 12.8. The molecule has 0 heterocycles. The van der Waals surface area contributed by atoms with E-state index in [1.165, 1.54) is 4.31 Å². The van der Waals surface area contributed by atoms with Gasteiger partial charge in [-0.25, -0.2) is 8.42 Å². The van der Waals surface area contributed by atoms with E-state index in [4.69, 9.17) is 5.11 Å². The first kappa shape index (κ1) is 18.1. The molecule has 0 aliphatic carbocycles. The summed E-state index contributed by atoms with van der Waals surface area (Å²) in [5.74, 6) is -0.922. The fourth-order valence-electron chi connectivity index (χ4n) is 2.02. The molecular weight excluding hydrogens is 358 g/mol. The standard InChI is InChI=1S/C14H20BrNO4S/c1-10(2)16(8-4-5-14(17)18)21(19,20)13-9-12(15)7-6-11(13)3/h6-7,9-10H,4-5,8H2,1-3H3,(H,17,18). The first-order valence-corrected chi connectivity index (χ1v) is 8.89. The summed E-state index contributed by atoms with van der Waals surface area (Å²) < 4.78 is 27.6. The molecule has 1 aromatic rings. The molecule has 0 spiro atoms. The molecule has 0 unspecified atom stereocenters.